The molecule has 6 atom stereocenters. The number of piperidine rings is 1. The molecule has 0 spiro atoms. The van der Waals surface area contributed by atoms with Crippen molar-refractivity contribution in [2.75, 3.05) is 33.4 Å². The van der Waals surface area contributed by atoms with Crippen LogP contribution in [0.1, 0.15) is 90.5 Å². The van der Waals surface area contributed by atoms with E-state index in [1.165, 1.54) is 31.8 Å². The molecular formula is C36H51NO6. The summed E-state index contributed by atoms with van der Waals surface area (Å²) >= 11 is 0. The summed E-state index contributed by atoms with van der Waals surface area (Å²) in [5, 5.41) is 0. The maximum atomic E-state index is 14.0. The third kappa shape index (κ3) is 6.04. The molecule has 5 aliphatic rings. The van der Waals surface area contributed by atoms with Gasteiger partial charge in [-0.3, -0.25) is 14.5 Å². The molecule has 7 heteroatoms. The van der Waals surface area contributed by atoms with E-state index < -0.39 is 0 Å². The lowest BCUT2D eigenvalue weighted by molar-refractivity contribution is -0.148. The number of allylic oxidation sites excluding steroid dienone is 2. The van der Waals surface area contributed by atoms with Crippen LogP contribution in [-0.2, 0) is 14.3 Å². The highest BCUT2D eigenvalue weighted by molar-refractivity contribution is 6.06. The van der Waals surface area contributed by atoms with Crippen LogP contribution in [0.15, 0.2) is 35.4 Å². The van der Waals surface area contributed by atoms with Crippen molar-refractivity contribution in [1.82, 2.24) is 4.90 Å². The number of benzene rings is 1. The van der Waals surface area contributed by atoms with Gasteiger partial charge >= 0.3 is 5.97 Å². The Morgan fingerprint density at radius 1 is 1.02 bits per heavy atom. The number of carbonyl (C=O) groups excluding carboxylic acids is 2. The van der Waals surface area contributed by atoms with E-state index in [4.69, 9.17) is 14.2 Å². The third-order valence-electron chi connectivity index (χ3n) is 11.7. The quantitative estimate of drug-likeness (QED) is 0.212. The number of fused-ring (bicyclic) bond motifs is 5. The predicted octanol–water partition coefficient (Wildman–Crippen LogP) is 6.19. The van der Waals surface area contributed by atoms with Crippen LogP contribution in [0.25, 0.3) is 6.08 Å². The lowest BCUT2D eigenvalue weighted by Crippen LogP contribution is -2.50. The van der Waals surface area contributed by atoms with E-state index in [9.17, 15) is 9.59 Å². The highest BCUT2D eigenvalue weighted by atomic mass is 16.5. The minimum Gasteiger partial charge on any atom is -0.493 e. The second-order valence-electron chi connectivity index (χ2n) is 14.1. The summed E-state index contributed by atoms with van der Waals surface area (Å²) in [6.07, 6.45) is 15.3. The molecule has 236 valence electrons. The zero-order valence-electron chi connectivity index (χ0n) is 26.6. The fourth-order valence-electron chi connectivity index (χ4n) is 9.32. The van der Waals surface area contributed by atoms with E-state index >= 15 is 0 Å². The van der Waals surface area contributed by atoms with Crippen LogP contribution in [0.4, 0.5) is 0 Å². The van der Waals surface area contributed by atoms with Gasteiger partial charge < -0.3 is 19.7 Å². The first-order valence-corrected chi connectivity index (χ1v) is 16.4. The Hall–Kier alpha value is -2.64. The van der Waals surface area contributed by atoms with Crippen LogP contribution in [0.5, 0.6) is 11.5 Å². The third-order valence-corrected chi connectivity index (χ3v) is 11.7. The Labute approximate surface area is 257 Å². The van der Waals surface area contributed by atoms with Gasteiger partial charge in [-0.05, 0) is 117 Å². The first-order chi connectivity index (χ1) is 20.2. The number of Topliss-reactive ketones (excluding diaryl/α,β-unsaturated/α-hetero) is 1. The van der Waals surface area contributed by atoms with Gasteiger partial charge in [0, 0.05) is 25.3 Å². The summed E-state index contributed by atoms with van der Waals surface area (Å²) in [6.45, 7) is 10.1. The highest BCUT2D eigenvalue weighted by Crippen LogP contribution is 2.65. The van der Waals surface area contributed by atoms with Gasteiger partial charge in [0.2, 0.25) is 0 Å². The van der Waals surface area contributed by atoms with Crippen LogP contribution in [0.3, 0.4) is 0 Å². The number of methoxy groups -OCH3 is 1. The molecule has 1 aliphatic heterocycles. The van der Waals surface area contributed by atoms with Crippen LogP contribution < -0.4 is 9.47 Å². The fraction of sp³-hybridized carbons (Fsp3) is 0.667. The van der Waals surface area contributed by atoms with Crippen molar-refractivity contribution in [2.24, 2.45) is 28.6 Å². The van der Waals surface area contributed by atoms with Gasteiger partial charge in [-0.2, -0.15) is 0 Å². The number of rotatable bonds is 7. The lowest BCUT2D eigenvalue weighted by atomic mass is 9.48. The highest BCUT2D eigenvalue weighted by Gasteiger charge is 2.60. The molecule has 0 aromatic heterocycles. The van der Waals surface area contributed by atoms with Crippen molar-refractivity contribution < 1.29 is 29.3 Å². The van der Waals surface area contributed by atoms with E-state index in [0.29, 0.717) is 30.1 Å². The smallest absolute Gasteiger partial charge is 0.302 e. The molecule has 1 aromatic carbocycles. The number of nitrogens with zero attached hydrogens (tertiary/aromatic N) is 1. The second-order valence-corrected chi connectivity index (χ2v) is 14.1. The number of esters is 1. The molecule has 6 rings (SSSR count). The van der Waals surface area contributed by atoms with Gasteiger partial charge in [0.15, 0.2) is 17.3 Å². The summed E-state index contributed by atoms with van der Waals surface area (Å²) in [4.78, 5) is 28.0. The fourth-order valence-corrected chi connectivity index (χ4v) is 9.32. The van der Waals surface area contributed by atoms with E-state index in [1.54, 1.807) is 7.11 Å². The normalized spacial score (nSPS) is 34.7. The minimum absolute atomic E-state index is 0. The van der Waals surface area contributed by atoms with E-state index in [1.807, 2.05) is 12.1 Å². The SMILES string of the molecule is COc1cc(/C=C2\C[C@H]3[C@@H]4CC=C5C[C@@H](OC(C)=O)CC[C@]5(C)[C@H]4CC[C@]3(C)C2=O)ccc1OCCN1CCCCC1.O. The summed E-state index contributed by atoms with van der Waals surface area (Å²) in [5.41, 5.74) is 3.30. The van der Waals surface area contributed by atoms with Gasteiger partial charge in [-0.15, -0.1) is 0 Å². The topological polar surface area (TPSA) is 96.6 Å². The van der Waals surface area contributed by atoms with Crippen molar-refractivity contribution in [3.05, 3.63) is 41.0 Å². The number of likely N-dealkylation sites (tertiary alicyclic amines) is 1. The number of hydrogen-bond donors (Lipinski definition) is 0. The molecule has 43 heavy (non-hydrogen) atoms. The van der Waals surface area contributed by atoms with Crippen molar-refractivity contribution in [3.8, 4) is 11.5 Å². The van der Waals surface area contributed by atoms with Gasteiger partial charge in [0.25, 0.3) is 0 Å². The molecule has 0 amide bonds. The molecule has 1 aromatic rings. The van der Waals surface area contributed by atoms with Gasteiger partial charge in [-0.25, -0.2) is 0 Å². The molecule has 0 radical (unpaired) electrons. The lowest BCUT2D eigenvalue weighted by Gasteiger charge is -2.56. The Morgan fingerprint density at radius 2 is 1.79 bits per heavy atom. The van der Waals surface area contributed by atoms with Crippen LogP contribution in [-0.4, -0.2) is 61.6 Å². The first kappa shape index (κ1) is 31.8. The molecule has 7 nitrogen and oxygen atoms in total. The van der Waals surface area contributed by atoms with E-state index in [2.05, 4.69) is 37.0 Å². The van der Waals surface area contributed by atoms with Gasteiger partial charge in [-0.1, -0.05) is 38.0 Å². The van der Waals surface area contributed by atoms with Crippen molar-refractivity contribution >= 4 is 17.8 Å². The average molecular weight is 594 g/mol. The molecular weight excluding hydrogens is 542 g/mol. The Bertz CT molecular complexity index is 1260. The summed E-state index contributed by atoms with van der Waals surface area (Å²) in [7, 11) is 1.69. The summed E-state index contributed by atoms with van der Waals surface area (Å²) in [6, 6.07) is 6.07. The Morgan fingerprint density at radius 3 is 2.53 bits per heavy atom. The predicted molar refractivity (Wildman–Crippen MR) is 168 cm³/mol. The maximum absolute atomic E-state index is 14.0. The molecule has 1 heterocycles. The standard InChI is InChI=1S/C36H49NO5.H2O/c1-24(38)42-28-12-14-35(2)27(23-28)9-10-29-30(35)13-15-36(3)31(29)22-26(34(36)39)20-25-8-11-32(33(21-25)40-4)41-19-18-37-16-6-5-7-17-37;/h8-9,11,20-21,28-31H,5-7,10,12-19,22-23H2,1-4H3;1H2/b26-20+;/t28-,29+,30-,31-,35-,36-;/m0./s1. The molecule has 2 N–H and O–H groups in total. The number of ether oxygens (including phenoxy) is 3. The molecule has 4 fully saturated rings. The van der Waals surface area contributed by atoms with E-state index in [0.717, 1.165) is 87.2 Å². The van der Waals surface area contributed by atoms with E-state index in [-0.39, 0.29) is 28.4 Å². The number of carbonyl (C=O) groups is 2. The largest absolute Gasteiger partial charge is 0.493 e. The average Bonchev–Trinajstić information content (AvgIpc) is 3.23. The van der Waals surface area contributed by atoms with Gasteiger partial charge in [0.1, 0.15) is 12.7 Å². The summed E-state index contributed by atoms with van der Waals surface area (Å²) < 4.78 is 17.4. The Balaban J connectivity index is 0.00000368. The summed E-state index contributed by atoms with van der Waals surface area (Å²) in [5.74, 6) is 3.12. The monoisotopic (exact) mass is 593 g/mol. The van der Waals surface area contributed by atoms with Crippen molar-refractivity contribution in [2.45, 2.75) is 91.1 Å². The molecule has 3 saturated carbocycles. The van der Waals surface area contributed by atoms with Crippen molar-refractivity contribution in [1.29, 1.82) is 0 Å². The zero-order valence-corrected chi connectivity index (χ0v) is 26.6. The Kier molecular flexibility index (Phi) is 9.43. The van der Waals surface area contributed by atoms with Gasteiger partial charge in [0.05, 0.1) is 7.11 Å². The van der Waals surface area contributed by atoms with Crippen LogP contribution >= 0.6 is 0 Å². The van der Waals surface area contributed by atoms with Crippen LogP contribution in [0.2, 0.25) is 0 Å². The first-order valence-electron chi connectivity index (χ1n) is 16.4. The maximum Gasteiger partial charge on any atom is 0.302 e. The van der Waals surface area contributed by atoms with Crippen molar-refractivity contribution in [3.63, 3.8) is 0 Å². The van der Waals surface area contributed by atoms with Crippen LogP contribution in [0, 0.1) is 28.6 Å². The second kappa shape index (κ2) is 12.8. The molecule has 1 saturated heterocycles. The zero-order chi connectivity index (χ0) is 29.5. The minimum atomic E-state index is -0.286. The molecule has 4 aliphatic carbocycles. The number of hydrogen-bond acceptors (Lipinski definition) is 6. The molecule has 0 unspecified atom stereocenters. The molecule has 0 bridgehead atoms. The number of ketones is 1.